The van der Waals surface area contributed by atoms with Crippen LogP contribution in [-0.2, 0) is 0 Å². The van der Waals surface area contributed by atoms with E-state index in [2.05, 4.69) is 40.3 Å². The van der Waals surface area contributed by atoms with Gasteiger partial charge in [-0.2, -0.15) is 5.53 Å². The first-order chi connectivity index (χ1) is 4.25. The Balaban J connectivity index is 2.63. The summed E-state index contributed by atoms with van der Waals surface area (Å²) in [5.41, 5.74) is 8.32. The van der Waals surface area contributed by atoms with E-state index in [4.69, 9.17) is 0 Å². The lowest BCUT2D eigenvalue weighted by atomic mass is 10.3. The van der Waals surface area contributed by atoms with Crippen molar-refractivity contribution in [1.29, 1.82) is 0 Å². The van der Waals surface area contributed by atoms with Crippen molar-refractivity contribution in [3.8, 4) is 0 Å². The number of hydrogen-bond acceptors (Lipinski definition) is 3. The summed E-state index contributed by atoms with van der Waals surface area (Å²) in [6.07, 6.45) is 0. The minimum absolute atomic E-state index is 1.17. The summed E-state index contributed by atoms with van der Waals surface area (Å²) in [7, 11) is 0. The molecule has 9 heavy (non-hydrogen) atoms. The smallest absolute Gasteiger partial charge is 0.330 e. The molecule has 1 aliphatic rings. The third-order valence-corrected chi connectivity index (χ3v) is 1.92. The quantitative estimate of drug-likeness (QED) is 0.513. The molecule has 0 atom stereocenters. The van der Waals surface area contributed by atoms with Crippen molar-refractivity contribution < 1.29 is 0 Å². The summed E-state index contributed by atoms with van der Waals surface area (Å²) in [4.78, 5) is 1.93. The van der Waals surface area contributed by atoms with E-state index in [0.717, 1.165) is 0 Å². The first-order valence-electron chi connectivity index (χ1n) is 2.67. The maximum absolute atomic E-state index is 2.99. The van der Waals surface area contributed by atoms with Gasteiger partial charge in [0.25, 0.3) is 0 Å². The van der Waals surface area contributed by atoms with E-state index in [1.54, 1.807) is 0 Å². The number of allylic oxidation sites excluding steroid dienone is 2. The van der Waals surface area contributed by atoms with Crippen LogP contribution in [0.3, 0.4) is 0 Å². The largest absolute Gasteiger partial charge is 0.351 e. The van der Waals surface area contributed by atoms with Gasteiger partial charge in [-0.05, 0) is 13.8 Å². The molecule has 0 bridgehead atoms. The van der Waals surface area contributed by atoms with E-state index >= 15 is 0 Å². The highest BCUT2D eigenvalue weighted by Crippen LogP contribution is 2.08. The molecular weight excluding hydrogens is 228 g/mol. The van der Waals surface area contributed by atoms with Gasteiger partial charge >= 0.3 is 5.27 Å². The van der Waals surface area contributed by atoms with Crippen LogP contribution in [0.25, 0.3) is 0 Å². The molecule has 1 radical (unpaired) electrons. The second kappa shape index (κ2) is 2.79. The van der Waals surface area contributed by atoms with Crippen molar-refractivity contribution in [2.75, 3.05) is 0 Å². The molecular formula is C4H8BIN3. The Morgan fingerprint density at radius 2 is 2.22 bits per heavy atom. The predicted molar refractivity (Wildman–Crippen MR) is 46.3 cm³/mol. The second-order valence-electron chi connectivity index (χ2n) is 1.91. The summed E-state index contributed by atoms with van der Waals surface area (Å²) < 4.78 is 0. The van der Waals surface area contributed by atoms with Crippen LogP contribution in [0.4, 0.5) is 0 Å². The third-order valence-electron chi connectivity index (χ3n) is 1.37. The van der Waals surface area contributed by atoms with Gasteiger partial charge in [0, 0.05) is 11.4 Å². The average molecular weight is 236 g/mol. The molecule has 0 aromatic rings. The van der Waals surface area contributed by atoms with E-state index < -0.39 is 0 Å². The fraction of sp³-hybridized carbons (Fsp3) is 0.500. The molecule has 1 aliphatic heterocycles. The SMILES string of the molecule is CC1=C(C)N([B]I)NN1. The molecule has 0 aliphatic carbocycles. The summed E-state index contributed by atoms with van der Waals surface area (Å²) in [6.45, 7) is 4.08. The zero-order valence-electron chi connectivity index (χ0n) is 5.40. The predicted octanol–water partition coefficient (Wildman–Crippen LogP) is 0.532. The zero-order chi connectivity index (χ0) is 6.85. The first kappa shape index (κ1) is 7.20. The number of hydrogen-bond donors (Lipinski definition) is 2. The van der Waals surface area contributed by atoms with E-state index in [0.29, 0.717) is 0 Å². The fourth-order valence-electron chi connectivity index (χ4n) is 0.597. The van der Waals surface area contributed by atoms with Crippen molar-refractivity contribution in [3.63, 3.8) is 0 Å². The molecule has 0 aromatic heterocycles. The van der Waals surface area contributed by atoms with Gasteiger partial charge in [0.1, 0.15) is 0 Å². The van der Waals surface area contributed by atoms with Gasteiger partial charge in [0.15, 0.2) is 0 Å². The van der Waals surface area contributed by atoms with Crippen LogP contribution in [0.2, 0.25) is 0 Å². The molecule has 0 saturated heterocycles. The molecule has 0 amide bonds. The Kier molecular flexibility index (Phi) is 2.23. The van der Waals surface area contributed by atoms with Crippen LogP contribution in [0.15, 0.2) is 11.4 Å². The molecule has 0 aromatic carbocycles. The van der Waals surface area contributed by atoms with Gasteiger partial charge in [-0.25, -0.2) is 0 Å². The van der Waals surface area contributed by atoms with Crippen molar-refractivity contribution >= 4 is 27.6 Å². The molecule has 2 N–H and O–H groups in total. The second-order valence-corrected chi connectivity index (χ2v) is 2.47. The minimum atomic E-state index is 1.17. The highest BCUT2D eigenvalue weighted by atomic mass is 127. The molecule has 49 valence electrons. The molecule has 1 heterocycles. The Morgan fingerprint density at radius 1 is 1.56 bits per heavy atom. The molecule has 1 rings (SSSR count). The lowest BCUT2D eigenvalue weighted by Crippen LogP contribution is -2.37. The van der Waals surface area contributed by atoms with Crippen LogP contribution >= 0.6 is 22.4 Å². The van der Waals surface area contributed by atoms with Crippen LogP contribution in [-0.4, -0.2) is 10.2 Å². The number of halogens is 1. The normalized spacial score (nSPS) is 18.3. The maximum Gasteiger partial charge on any atom is 0.351 e. The fourth-order valence-corrected chi connectivity index (χ4v) is 1.15. The average Bonchev–Trinajstić information content (AvgIpc) is 2.15. The molecule has 0 fully saturated rings. The molecule has 5 heteroatoms. The van der Waals surface area contributed by atoms with Gasteiger partial charge in [-0.15, -0.1) is 22.4 Å². The maximum atomic E-state index is 2.99. The highest BCUT2D eigenvalue weighted by molar-refractivity contribution is 14.1. The summed E-state index contributed by atoms with van der Waals surface area (Å²) >= 11 is 2.18. The monoisotopic (exact) mass is 236 g/mol. The number of nitrogens with one attached hydrogen (secondary N) is 2. The Hall–Kier alpha value is 0.0949. The van der Waals surface area contributed by atoms with E-state index in [1.165, 1.54) is 11.4 Å². The zero-order valence-corrected chi connectivity index (χ0v) is 7.56. The molecule has 0 unspecified atom stereocenters. The molecule has 0 spiro atoms. The summed E-state index contributed by atoms with van der Waals surface area (Å²) in [6, 6.07) is 0. The lowest BCUT2D eigenvalue weighted by Gasteiger charge is -2.13. The Bertz CT molecular complexity index is 147. The van der Waals surface area contributed by atoms with Crippen LogP contribution < -0.4 is 11.0 Å². The van der Waals surface area contributed by atoms with Crippen LogP contribution in [0.1, 0.15) is 13.8 Å². The topological polar surface area (TPSA) is 27.3 Å². The Morgan fingerprint density at radius 3 is 2.44 bits per heavy atom. The van der Waals surface area contributed by atoms with Crippen molar-refractivity contribution in [3.05, 3.63) is 11.4 Å². The highest BCUT2D eigenvalue weighted by Gasteiger charge is 2.13. The molecule has 3 nitrogen and oxygen atoms in total. The standard InChI is InChI=1S/C4H8BIN3/c1-3-4(2)9(5-6)8-7-3/h7-8H,1-2H3. The third kappa shape index (κ3) is 1.32. The lowest BCUT2D eigenvalue weighted by molar-refractivity contribution is 0.409. The Labute approximate surface area is 68.9 Å². The van der Waals surface area contributed by atoms with Gasteiger partial charge in [0.05, 0.1) is 0 Å². The number of rotatable bonds is 1. The van der Waals surface area contributed by atoms with Gasteiger partial charge < -0.3 is 10.3 Å². The number of hydrazine groups is 2. The minimum Gasteiger partial charge on any atom is -0.330 e. The van der Waals surface area contributed by atoms with Crippen LogP contribution in [0.5, 0.6) is 0 Å². The van der Waals surface area contributed by atoms with E-state index in [1.807, 2.05) is 17.1 Å². The van der Waals surface area contributed by atoms with Gasteiger partial charge in [0.2, 0.25) is 0 Å². The first-order valence-corrected chi connectivity index (χ1v) is 3.92. The van der Waals surface area contributed by atoms with Gasteiger partial charge in [-0.1, -0.05) is 0 Å². The van der Waals surface area contributed by atoms with Crippen molar-refractivity contribution in [1.82, 2.24) is 15.9 Å². The molecule has 0 saturated carbocycles. The summed E-state index contributed by atoms with van der Waals surface area (Å²) in [5, 5.41) is 1.94. The number of nitrogens with zero attached hydrogens (tertiary/aromatic N) is 1. The van der Waals surface area contributed by atoms with Crippen molar-refractivity contribution in [2.45, 2.75) is 13.8 Å². The summed E-state index contributed by atoms with van der Waals surface area (Å²) in [5.74, 6) is 0. The van der Waals surface area contributed by atoms with E-state index in [9.17, 15) is 0 Å². The van der Waals surface area contributed by atoms with Crippen molar-refractivity contribution in [2.24, 2.45) is 0 Å². The van der Waals surface area contributed by atoms with E-state index in [-0.39, 0.29) is 0 Å². The van der Waals surface area contributed by atoms with Crippen LogP contribution in [0, 0.1) is 0 Å². The van der Waals surface area contributed by atoms with Gasteiger partial charge in [-0.3, -0.25) is 0 Å².